The maximum absolute atomic E-state index is 13.6. The molecule has 172 valence electrons. The van der Waals surface area contributed by atoms with Crippen LogP contribution in [0.15, 0.2) is 65.6 Å². The quantitative estimate of drug-likeness (QED) is 0.599. The van der Waals surface area contributed by atoms with Crippen molar-refractivity contribution in [1.82, 2.24) is 4.90 Å². The molecule has 0 unspecified atom stereocenters. The van der Waals surface area contributed by atoms with Crippen molar-refractivity contribution in [3.63, 3.8) is 0 Å². The van der Waals surface area contributed by atoms with E-state index in [4.69, 9.17) is 4.74 Å². The normalized spacial score (nSPS) is 16.1. The first-order valence-corrected chi connectivity index (χ1v) is 11.4. The predicted molar refractivity (Wildman–Crippen MR) is 114 cm³/mol. The second-order valence-electron chi connectivity index (χ2n) is 7.61. The van der Waals surface area contributed by atoms with Gasteiger partial charge in [-0.1, -0.05) is 0 Å². The molecule has 0 aromatic heterocycles. The third kappa shape index (κ3) is 5.11. The van der Waals surface area contributed by atoms with Crippen LogP contribution < -0.4 is 9.46 Å². The van der Waals surface area contributed by atoms with Crippen molar-refractivity contribution in [3.8, 4) is 5.75 Å². The van der Waals surface area contributed by atoms with Crippen LogP contribution in [0, 0.1) is 17.5 Å². The van der Waals surface area contributed by atoms with E-state index in [-0.39, 0.29) is 35.1 Å². The fraction of sp³-hybridized carbons (Fsp3) is 0.174. The minimum Gasteiger partial charge on any atom is -0.481 e. The SMILES string of the molecule is C[C@H]1Oc2ccc(NS(=O)(=O)c3ccc(F)cc3)cc2CN(Cc2cc(F)cc(F)c2)C1=O. The first-order valence-electron chi connectivity index (χ1n) is 9.92. The number of anilines is 1. The Morgan fingerprint density at radius 3 is 2.30 bits per heavy atom. The van der Waals surface area contributed by atoms with Crippen molar-refractivity contribution in [1.29, 1.82) is 0 Å². The summed E-state index contributed by atoms with van der Waals surface area (Å²) in [5, 5.41) is 0. The summed E-state index contributed by atoms with van der Waals surface area (Å²) in [5.41, 5.74) is 0.981. The van der Waals surface area contributed by atoms with E-state index in [1.807, 2.05) is 0 Å². The molecule has 0 saturated heterocycles. The molecule has 0 aliphatic carbocycles. The summed E-state index contributed by atoms with van der Waals surface area (Å²) in [6, 6.07) is 11.9. The van der Waals surface area contributed by atoms with Crippen LogP contribution in [0.1, 0.15) is 18.1 Å². The van der Waals surface area contributed by atoms with Gasteiger partial charge in [0.15, 0.2) is 6.10 Å². The Morgan fingerprint density at radius 1 is 0.970 bits per heavy atom. The van der Waals surface area contributed by atoms with Gasteiger partial charge in [0.05, 0.1) is 4.90 Å². The highest BCUT2D eigenvalue weighted by atomic mass is 32.2. The monoisotopic (exact) mass is 476 g/mol. The highest BCUT2D eigenvalue weighted by molar-refractivity contribution is 7.92. The number of hydrogen-bond acceptors (Lipinski definition) is 4. The number of hydrogen-bond donors (Lipinski definition) is 1. The number of carbonyl (C=O) groups is 1. The van der Waals surface area contributed by atoms with Crippen molar-refractivity contribution < 1.29 is 31.1 Å². The van der Waals surface area contributed by atoms with Crippen molar-refractivity contribution in [2.45, 2.75) is 31.0 Å². The van der Waals surface area contributed by atoms with Crippen LogP contribution in [-0.4, -0.2) is 25.3 Å². The lowest BCUT2D eigenvalue weighted by molar-refractivity contribution is -0.138. The molecule has 0 bridgehead atoms. The molecule has 1 heterocycles. The Kier molecular flexibility index (Phi) is 6.03. The van der Waals surface area contributed by atoms with Gasteiger partial charge in [-0.05, 0) is 67.1 Å². The largest absolute Gasteiger partial charge is 0.481 e. The first-order chi connectivity index (χ1) is 15.6. The summed E-state index contributed by atoms with van der Waals surface area (Å²) < 4.78 is 73.7. The predicted octanol–water partition coefficient (Wildman–Crippen LogP) is 4.21. The molecule has 1 amide bonds. The molecule has 1 aliphatic rings. The molecule has 3 aromatic rings. The molecular formula is C23H19F3N2O4S. The fourth-order valence-corrected chi connectivity index (χ4v) is 4.60. The lowest BCUT2D eigenvalue weighted by Gasteiger charge is -2.22. The molecule has 1 atom stereocenters. The number of ether oxygens (including phenoxy) is 1. The van der Waals surface area contributed by atoms with Crippen molar-refractivity contribution in [3.05, 3.63) is 89.2 Å². The van der Waals surface area contributed by atoms with Gasteiger partial charge in [0.1, 0.15) is 23.2 Å². The molecule has 0 spiro atoms. The lowest BCUT2D eigenvalue weighted by Crippen LogP contribution is -2.37. The van der Waals surface area contributed by atoms with E-state index in [1.165, 1.54) is 23.1 Å². The van der Waals surface area contributed by atoms with E-state index in [2.05, 4.69) is 4.72 Å². The fourth-order valence-electron chi connectivity index (χ4n) is 3.55. The number of fused-ring (bicyclic) bond motifs is 1. The molecule has 0 saturated carbocycles. The zero-order valence-corrected chi connectivity index (χ0v) is 18.2. The maximum Gasteiger partial charge on any atom is 0.263 e. The average Bonchev–Trinajstić information content (AvgIpc) is 2.84. The number of nitrogens with one attached hydrogen (secondary N) is 1. The van der Waals surface area contributed by atoms with Crippen LogP contribution in [0.2, 0.25) is 0 Å². The molecule has 1 N–H and O–H groups in total. The number of rotatable bonds is 5. The molecule has 0 radical (unpaired) electrons. The maximum atomic E-state index is 13.6. The molecule has 33 heavy (non-hydrogen) atoms. The molecule has 3 aromatic carbocycles. The Hall–Kier alpha value is -3.53. The van der Waals surface area contributed by atoms with Crippen LogP contribution in [0.25, 0.3) is 0 Å². The molecular weight excluding hydrogens is 457 g/mol. The summed E-state index contributed by atoms with van der Waals surface area (Å²) in [6.45, 7) is 1.52. The van der Waals surface area contributed by atoms with E-state index < -0.39 is 33.6 Å². The minimum atomic E-state index is -3.98. The molecule has 6 nitrogen and oxygen atoms in total. The van der Waals surface area contributed by atoms with E-state index in [0.717, 1.165) is 42.5 Å². The van der Waals surface area contributed by atoms with Crippen molar-refractivity contribution >= 4 is 21.6 Å². The first kappa shape index (κ1) is 22.7. The standard InChI is InChI=1S/C23H19F3N2O4S/c1-14-23(29)28(12-15-8-18(25)11-19(26)9-15)13-16-10-20(4-7-22(16)32-14)27-33(30,31)21-5-2-17(24)3-6-21/h2-11,14,27H,12-13H2,1H3/t14-/m1/s1. The van der Waals surface area contributed by atoms with Gasteiger partial charge in [0, 0.05) is 30.4 Å². The number of halogens is 3. The van der Waals surface area contributed by atoms with E-state index in [0.29, 0.717) is 11.3 Å². The number of nitrogens with zero attached hydrogens (tertiary/aromatic N) is 1. The Morgan fingerprint density at radius 2 is 1.64 bits per heavy atom. The van der Waals surface area contributed by atoms with E-state index in [1.54, 1.807) is 6.92 Å². The minimum absolute atomic E-state index is 0.0305. The summed E-state index contributed by atoms with van der Waals surface area (Å²) in [6.07, 6.45) is -0.855. The number of benzene rings is 3. The van der Waals surface area contributed by atoms with Gasteiger partial charge >= 0.3 is 0 Å². The van der Waals surface area contributed by atoms with Gasteiger partial charge in [-0.25, -0.2) is 21.6 Å². The number of amides is 1. The van der Waals surface area contributed by atoms with Gasteiger partial charge in [-0.3, -0.25) is 9.52 Å². The van der Waals surface area contributed by atoms with Crippen LogP contribution in [0.3, 0.4) is 0 Å². The average molecular weight is 476 g/mol. The van der Waals surface area contributed by atoms with Crippen LogP contribution >= 0.6 is 0 Å². The molecule has 10 heteroatoms. The second-order valence-corrected chi connectivity index (χ2v) is 9.30. The van der Waals surface area contributed by atoms with E-state index in [9.17, 15) is 26.4 Å². The number of sulfonamides is 1. The molecule has 4 rings (SSSR count). The summed E-state index contributed by atoms with van der Waals surface area (Å²) in [4.78, 5) is 14.0. The third-order valence-corrected chi connectivity index (χ3v) is 6.45. The highest BCUT2D eigenvalue weighted by Crippen LogP contribution is 2.30. The van der Waals surface area contributed by atoms with Gasteiger partial charge in [-0.2, -0.15) is 0 Å². The molecule has 1 aliphatic heterocycles. The van der Waals surface area contributed by atoms with E-state index >= 15 is 0 Å². The van der Waals surface area contributed by atoms with Crippen molar-refractivity contribution in [2.75, 3.05) is 4.72 Å². The van der Waals surface area contributed by atoms with Gasteiger partial charge < -0.3 is 9.64 Å². The van der Waals surface area contributed by atoms with Crippen molar-refractivity contribution in [2.24, 2.45) is 0 Å². The van der Waals surface area contributed by atoms with Gasteiger partial charge in [0.2, 0.25) is 0 Å². The summed E-state index contributed by atoms with van der Waals surface area (Å²) in [5.74, 6) is -2.07. The lowest BCUT2D eigenvalue weighted by atomic mass is 10.1. The Bertz CT molecular complexity index is 1290. The number of carbonyl (C=O) groups excluding carboxylic acids is 1. The van der Waals surface area contributed by atoms with Crippen LogP contribution in [0.4, 0.5) is 18.9 Å². The third-order valence-electron chi connectivity index (χ3n) is 5.06. The zero-order chi connectivity index (χ0) is 23.8. The van der Waals surface area contributed by atoms with Crippen LogP contribution in [0.5, 0.6) is 5.75 Å². The van der Waals surface area contributed by atoms with Crippen LogP contribution in [-0.2, 0) is 27.9 Å². The Labute approximate surface area is 188 Å². The summed E-state index contributed by atoms with van der Waals surface area (Å²) in [7, 11) is -3.98. The van der Waals surface area contributed by atoms with Gasteiger partial charge in [-0.15, -0.1) is 0 Å². The topological polar surface area (TPSA) is 75.7 Å². The highest BCUT2D eigenvalue weighted by Gasteiger charge is 2.28. The second kappa shape index (κ2) is 8.78. The zero-order valence-electron chi connectivity index (χ0n) is 17.4. The molecule has 0 fully saturated rings. The smallest absolute Gasteiger partial charge is 0.263 e. The Balaban J connectivity index is 1.61. The van der Waals surface area contributed by atoms with Gasteiger partial charge in [0.25, 0.3) is 15.9 Å². The summed E-state index contributed by atoms with van der Waals surface area (Å²) >= 11 is 0.